The number of rotatable bonds is 19. The average molecular weight is 661 g/mol. The Labute approximate surface area is 284 Å². The summed E-state index contributed by atoms with van der Waals surface area (Å²) in [5, 5.41) is 0. The van der Waals surface area contributed by atoms with Gasteiger partial charge in [-0.05, 0) is 95.3 Å². The van der Waals surface area contributed by atoms with Gasteiger partial charge in [-0.15, -0.1) is 0 Å². The molecule has 0 aromatic carbocycles. The maximum absolute atomic E-state index is 13.5. The minimum Gasteiger partial charge on any atom is -0.353 e. The molecule has 0 spiro atoms. The van der Waals surface area contributed by atoms with Crippen LogP contribution < -0.4 is 0 Å². The van der Waals surface area contributed by atoms with Crippen LogP contribution in [0.5, 0.6) is 0 Å². The Hall–Kier alpha value is -1.16. The van der Waals surface area contributed by atoms with E-state index in [4.69, 9.17) is 28.4 Å². The molecule has 0 aromatic heterocycles. The summed E-state index contributed by atoms with van der Waals surface area (Å²) >= 11 is 0. The average Bonchev–Trinajstić information content (AvgIpc) is 3.68. The number of ketones is 2. The Balaban J connectivity index is 1.19. The lowest BCUT2D eigenvalue weighted by Crippen LogP contribution is -2.32. The molecule has 3 heterocycles. The highest BCUT2D eigenvalue weighted by atomic mass is 16.7. The third-order valence-corrected chi connectivity index (χ3v) is 11.1. The topological polar surface area (TPSA) is 89.5 Å². The molecule has 8 nitrogen and oxygen atoms in total. The van der Waals surface area contributed by atoms with Gasteiger partial charge in [-0.1, -0.05) is 51.2 Å². The second-order valence-electron chi connectivity index (χ2n) is 14.9. The number of carbonyl (C=O) groups is 2. The van der Waals surface area contributed by atoms with Gasteiger partial charge < -0.3 is 28.4 Å². The zero-order valence-corrected chi connectivity index (χ0v) is 29.3. The van der Waals surface area contributed by atoms with Crippen molar-refractivity contribution in [1.29, 1.82) is 0 Å². The molecule has 268 valence electrons. The van der Waals surface area contributed by atoms with Gasteiger partial charge in [-0.3, -0.25) is 9.59 Å². The van der Waals surface area contributed by atoms with E-state index in [0.29, 0.717) is 32.0 Å². The zero-order chi connectivity index (χ0) is 32.7. The van der Waals surface area contributed by atoms with Crippen LogP contribution in [-0.4, -0.2) is 69.1 Å². The molecule has 3 unspecified atom stereocenters. The summed E-state index contributed by atoms with van der Waals surface area (Å²) in [5.41, 5.74) is 0. The summed E-state index contributed by atoms with van der Waals surface area (Å²) in [4.78, 5) is 26.8. The van der Waals surface area contributed by atoms with Crippen molar-refractivity contribution in [2.45, 2.75) is 173 Å². The van der Waals surface area contributed by atoms with Crippen LogP contribution in [0.3, 0.4) is 0 Å². The predicted octanol–water partition coefficient (Wildman–Crippen LogP) is 8.24. The van der Waals surface area contributed by atoms with E-state index in [0.717, 1.165) is 103 Å². The number of ether oxygens (including phenoxy) is 6. The van der Waals surface area contributed by atoms with E-state index in [-0.39, 0.29) is 60.9 Å². The first kappa shape index (κ1) is 37.1. The number of Topliss-reactive ketones (excluding diaryl/α,β-unsaturated/α-hetero) is 2. The highest BCUT2D eigenvalue weighted by Gasteiger charge is 2.44. The Bertz CT molecular complexity index is 935. The largest absolute Gasteiger partial charge is 0.353 e. The van der Waals surface area contributed by atoms with E-state index in [2.05, 4.69) is 19.1 Å². The fourth-order valence-corrected chi connectivity index (χ4v) is 8.34. The van der Waals surface area contributed by atoms with Crippen LogP contribution >= 0.6 is 0 Å². The van der Waals surface area contributed by atoms with Crippen molar-refractivity contribution in [2.24, 2.45) is 23.7 Å². The first-order valence-electron chi connectivity index (χ1n) is 19.6. The summed E-state index contributed by atoms with van der Waals surface area (Å²) in [6.07, 6.45) is 24.2. The predicted molar refractivity (Wildman–Crippen MR) is 181 cm³/mol. The molecule has 0 aromatic rings. The van der Waals surface area contributed by atoms with E-state index in [1.807, 2.05) is 0 Å². The molecule has 2 aliphatic carbocycles. The Morgan fingerprint density at radius 2 is 1.57 bits per heavy atom. The lowest BCUT2D eigenvalue weighted by atomic mass is 9.87. The fourth-order valence-electron chi connectivity index (χ4n) is 8.34. The Morgan fingerprint density at radius 1 is 0.851 bits per heavy atom. The van der Waals surface area contributed by atoms with Crippen LogP contribution in [-0.2, 0) is 38.0 Å². The van der Waals surface area contributed by atoms with E-state index in [1.54, 1.807) is 0 Å². The van der Waals surface area contributed by atoms with Gasteiger partial charge in [0.2, 0.25) is 0 Å². The molecule has 2 saturated carbocycles. The molecule has 3 saturated heterocycles. The molecular weight excluding hydrogens is 596 g/mol. The molecule has 5 aliphatic rings. The van der Waals surface area contributed by atoms with Gasteiger partial charge in [0.25, 0.3) is 0 Å². The molecule has 0 N–H and O–H groups in total. The number of hydrogen-bond donors (Lipinski definition) is 0. The lowest BCUT2D eigenvalue weighted by Gasteiger charge is -2.31. The summed E-state index contributed by atoms with van der Waals surface area (Å²) in [6.45, 7) is 5.18. The molecule has 9 atom stereocenters. The molecule has 0 bridgehead atoms. The Morgan fingerprint density at radius 3 is 2.28 bits per heavy atom. The van der Waals surface area contributed by atoms with E-state index in [1.165, 1.54) is 32.1 Å². The standard InChI is InChI=1S/C39H64O8/c1-2-3-13-29-18-19-30(26-29)35(46-38-16-7-11-24-44-38)21-20-32-33(34(41)28-36(32)47-39-17-8-12-25-45-39)27-31(40)14-5-4-9-22-42-37-15-6-10-23-43-37/h20-21,29-30,32-33,35-39H,2-19,22-28H2,1H3/t29-,30-,32+,33+,35+,36+,37?,38?,39?/m0/s1. The molecule has 47 heavy (non-hydrogen) atoms. The van der Waals surface area contributed by atoms with Gasteiger partial charge in [0, 0.05) is 57.5 Å². The summed E-state index contributed by atoms with van der Waals surface area (Å²) in [6, 6.07) is 0. The third kappa shape index (κ3) is 12.3. The van der Waals surface area contributed by atoms with Crippen LogP contribution in [0.1, 0.15) is 142 Å². The maximum atomic E-state index is 13.5. The number of unbranched alkanes of at least 4 members (excludes halogenated alkanes) is 3. The summed E-state index contributed by atoms with van der Waals surface area (Å²) in [5.74, 6) is 1.01. The van der Waals surface area contributed by atoms with Gasteiger partial charge in [-0.2, -0.15) is 0 Å². The first-order chi connectivity index (χ1) is 23.1. The Kier molecular flexibility index (Phi) is 16.2. The second kappa shape index (κ2) is 20.5. The van der Waals surface area contributed by atoms with Crippen molar-refractivity contribution in [3.05, 3.63) is 12.2 Å². The quantitative estimate of drug-likeness (QED) is 0.101. The first-order valence-corrected chi connectivity index (χ1v) is 19.6. The van der Waals surface area contributed by atoms with Crippen molar-refractivity contribution in [3.63, 3.8) is 0 Å². The fraction of sp³-hybridized carbons (Fsp3) is 0.897. The van der Waals surface area contributed by atoms with Crippen molar-refractivity contribution < 1.29 is 38.0 Å². The number of hydrogen-bond acceptors (Lipinski definition) is 8. The van der Waals surface area contributed by atoms with E-state index >= 15 is 0 Å². The summed E-state index contributed by atoms with van der Waals surface area (Å²) < 4.78 is 36.6. The van der Waals surface area contributed by atoms with Gasteiger partial charge in [0.15, 0.2) is 18.9 Å². The van der Waals surface area contributed by atoms with Crippen molar-refractivity contribution in [1.82, 2.24) is 0 Å². The van der Waals surface area contributed by atoms with Gasteiger partial charge in [-0.25, -0.2) is 0 Å². The summed E-state index contributed by atoms with van der Waals surface area (Å²) in [7, 11) is 0. The maximum Gasteiger partial charge on any atom is 0.158 e. The van der Waals surface area contributed by atoms with Gasteiger partial charge in [0.05, 0.1) is 12.2 Å². The molecule has 5 fully saturated rings. The molecule has 8 heteroatoms. The van der Waals surface area contributed by atoms with Crippen molar-refractivity contribution in [2.75, 3.05) is 26.4 Å². The molecule has 3 aliphatic heterocycles. The van der Waals surface area contributed by atoms with Crippen molar-refractivity contribution >= 4 is 11.6 Å². The lowest BCUT2D eigenvalue weighted by molar-refractivity contribution is -0.193. The van der Waals surface area contributed by atoms with Crippen LogP contribution in [0.25, 0.3) is 0 Å². The monoisotopic (exact) mass is 660 g/mol. The second-order valence-corrected chi connectivity index (χ2v) is 14.9. The highest BCUT2D eigenvalue weighted by Crippen LogP contribution is 2.41. The van der Waals surface area contributed by atoms with Crippen molar-refractivity contribution in [3.8, 4) is 0 Å². The van der Waals surface area contributed by atoms with Gasteiger partial charge in [0.1, 0.15) is 11.6 Å². The van der Waals surface area contributed by atoms with Crippen LogP contribution in [0.4, 0.5) is 0 Å². The number of carbonyl (C=O) groups excluding carboxylic acids is 2. The molecule has 5 rings (SSSR count). The van der Waals surface area contributed by atoms with Crippen LogP contribution in [0.2, 0.25) is 0 Å². The van der Waals surface area contributed by atoms with E-state index in [9.17, 15) is 9.59 Å². The SMILES string of the molecule is CCCC[C@H]1CC[C@H]([C@@H](C=C[C@H]2[C@H](OC3CCCCO3)CC(=O)[C@@H]2CC(=O)CCCCCOC2CCCCO2)OC2CCCCO2)C1. The third-order valence-electron chi connectivity index (χ3n) is 11.1. The normalized spacial score (nSPS) is 34.3. The molecular formula is C39H64O8. The molecule has 0 radical (unpaired) electrons. The van der Waals surface area contributed by atoms with Crippen LogP contribution in [0.15, 0.2) is 12.2 Å². The smallest absolute Gasteiger partial charge is 0.158 e. The minimum absolute atomic E-state index is 0.0513. The zero-order valence-electron chi connectivity index (χ0n) is 29.3. The molecule has 0 amide bonds. The van der Waals surface area contributed by atoms with E-state index < -0.39 is 0 Å². The van der Waals surface area contributed by atoms with Gasteiger partial charge >= 0.3 is 0 Å². The minimum atomic E-state index is -0.355. The highest BCUT2D eigenvalue weighted by molar-refractivity contribution is 5.90. The van der Waals surface area contributed by atoms with Crippen LogP contribution in [0, 0.1) is 23.7 Å².